The number of halogens is 3. The van der Waals surface area contributed by atoms with E-state index in [0.29, 0.717) is 6.07 Å². The lowest BCUT2D eigenvalue weighted by Crippen LogP contribution is -2.55. The van der Waals surface area contributed by atoms with Gasteiger partial charge in [0.1, 0.15) is 0 Å². The fourth-order valence-electron chi connectivity index (χ4n) is 2.26. The van der Waals surface area contributed by atoms with Gasteiger partial charge >= 0.3 is 5.69 Å². The van der Waals surface area contributed by atoms with Crippen LogP contribution in [0.5, 0.6) is 0 Å². The van der Waals surface area contributed by atoms with E-state index < -0.39 is 45.1 Å². The van der Waals surface area contributed by atoms with E-state index in [1.54, 1.807) is 13.8 Å². The minimum atomic E-state index is -2.04. The van der Waals surface area contributed by atoms with Gasteiger partial charge in [0.2, 0.25) is 11.6 Å². The van der Waals surface area contributed by atoms with Crippen molar-refractivity contribution in [1.82, 2.24) is 4.90 Å². The topological polar surface area (TPSA) is 72.7 Å². The Bertz CT molecular complexity index is 649. The second kappa shape index (κ2) is 5.56. The minimum Gasteiger partial charge on any atom is -0.377 e. The van der Waals surface area contributed by atoms with E-state index in [2.05, 4.69) is 0 Å². The molecule has 0 spiro atoms. The molecule has 1 aromatic rings. The van der Waals surface area contributed by atoms with Gasteiger partial charge in [-0.15, -0.1) is 0 Å². The molecule has 0 aliphatic carbocycles. The first-order valence-corrected chi connectivity index (χ1v) is 6.38. The summed E-state index contributed by atoms with van der Waals surface area (Å²) in [5, 5.41) is 10.7. The van der Waals surface area contributed by atoms with Crippen molar-refractivity contribution in [1.29, 1.82) is 0 Å². The number of hydrogen-bond acceptors (Lipinski definition) is 4. The molecule has 2 rings (SSSR count). The molecular weight excluding hydrogens is 305 g/mol. The average molecular weight is 318 g/mol. The molecule has 0 saturated carbocycles. The molecule has 1 aliphatic rings. The van der Waals surface area contributed by atoms with Crippen molar-refractivity contribution >= 4 is 11.6 Å². The summed E-state index contributed by atoms with van der Waals surface area (Å²) in [7, 11) is 0. The number of carbonyl (C=O) groups is 1. The van der Waals surface area contributed by atoms with Crippen LogP contribution in [-0.2, 0) is 4.74 Å². The Kier molecular flexibility index (Phi) is 4.10. The van der Waals surface area contributed by atoms with Gasteiger partial charge in [-0.2, -0.15) is 4.39 Å². The lowest BCUT2D eigenvalue weighted by atomic mass is 10.0. The molecule has 1 heterocycles. The van der Waals surface area contributed by atoms with Crippen LogP contribution in [0.25, 0.3) is 0 Å². The molecule has 1 saturated heterocycles. The van der Waals surface area contributed by atoms with Crippen LogP contribution in [0, 0.1) is 27.6 Å². The number of rotatable bonds is 2. The van der Waals surface area contributed by atoms with Gasteiger partial charge in [0.05, 0.1) is 29.2 Å². The number of hydrogen-bond donors (Lipinski definition) is 0. The Morgan fingerprint density at radius 1 is 1.32 bits per heavy atom. The fraction of sp³-hybridized carbons (Fsp3) is 0.462. The number of ether oxygens (including phenoxy) is 1. The van der Waals surface area contributed by atoms with E-state index in [0.717, 1.165) is 0 Å². The first kappa shape index (κ1) is 16.2. The summed E-state index contributed by atoms with van der Waals surface area (Å²) < 4.78 is 45.9. The van der Waals surface area contributed by atoms with E-state index in [1.165, 1.54) is 4.90 Å². The maximum atomic E-state index is 13.8. The van der Waals surface area contributed by atoms with E-state index >= 15 is 0 Å². The number of amides is 1. The van der Waals surface area contributed by atoms with Crippen molar-refractivity contribution < 1.29 is 27.6 Å². The monoisotopic (exact) mass is 318 g/mol. The van der Waals surface area contributed by atoms with Gasteiger partial charge in [0, 0.05) is 12.6 Å². The summed E-state index contributed by atoms with van der Waals surface area (Å²) in [5.74, 6) is -6.66. The van der Waals surface area contributed by atoms with E-state index in [9.17, 15) is 28.1 Å². The number of carbonyl (C=O) groups excluding carboxylic acids is 1. The predicted molar refractivity (Wildman–Crippen MR) is 68.9 cm³/mol. The van der Waals surface area contributed by atoms with Crippen molar-refractivity contribution in [2.45, 2.75) is 19.4 Å². The highest BCUT2D eigenvalue weighted by Gasteiger charge is 2.38. The first-order valence-electron chi connectivity index (χ1n) is 6.38. The third-order valence-electron chi connectivity index (χ3n) is 3.45. The van der Waals surface area contributed by atoms with Crippen molar-refractivity contribution in [3.05, 3.63) is 39.2 Å². The lowest BCUT2D eigenvalue weighted by molar-refractivity contribution is -0.387. The first-order chi connectivity index (χ1) is 10.2. The molecule has 0 bridgehead atoms. The van der Waals surface area contributed by atoms with Gasteiger partial charge in [-0.3, -0.25) is 14.9 Å². The molecule has 120 valence electrons. The summed E-state index contributed by atoms with van der Waals surface area (Å²) in [6.07, 6.45) is 0. The van der Waals surface area contributed by atoms with Gasteiger partial charge in [0.15, 0.2) is 5.82 Å². The molecule has 0 atom stereocenters. The second-order valence-corrected chi connectivity index (χ2v) is 5.46. The number of nitrogens with zero attached hydrogens (tertiary/aromatic N) is 2. The van der Waals surface area contributed by atoms with Crippen molar-refractivity contribution in [3.8, 4) is 0 Å². The molecule has 0 unspecified atom stereocenters. The highest BCUT2D eigenvalue weighted by Crippen LogP contribution is 2.28. The fourth-order valence-corrected chi connectivity index (χ4v) is 2.26. The Morgan fingerprint density at radius 2 is 1.95 bits per heavy atom. The standard InChI is InChI=1S/C13H13F3N2O4/c1-13(2)6-22-4-3-17(13)12(19)7-5-8(18(20)21)10(15)11(16)9(7)14/h5H,3-4,6H2,1-2H3. The average Bonchev–Trinajstić information content (AvgIpc) is 2.43. The molecule has 1 fully saturated rings. The van der Waals surface area contributed by atoms with Crippen LogP contribution in [-0.4, -0.2) is 41.0 Å². The van der Waals surface area contributed by atoms with Gasteiger partial charge < -0.3 is 9.64 Å². The number of nitro benzene ring substituents is 1. The summed E-state index contributed by atoms with van der Waals surface area (Å²) in [6, 6.07) is 0.418. The summed E-state index contributed by atoms with van der Waals surface area (Å²) in [6.45, 7) is 3.78. The zero-order valence-electron chi connectivity index (χ0n) is 11.9. The number of benzene rings is 1. The zero-order valence-corrected chi connectivity index (χ0v) is 11.9. The summed E-state index contributed by atoms with van der Waals surface area (Å²) in [4.78, 5) is 23.1. The van der Waals surface area contributed by atoms with Gasteiger partial charge in [0.25, 0.3) is 5.91 Å². The van der Waals surface area contributed by atoms with E-state index in [4.69, 9.17) is 4.74 Å². The van der Waals surface area contributed by atoms with E-state index in [1.807, 2.05) is 0 Å². The molecular formula is C13H13F3N2O4. The van der Waals surface area contributed by atoms with Crippen LogP contribution < -0.4 is 0 Å². The minimum absolute atomic E-state index is 0.109. The van der Waals surface area contributed by atoms with Crippen LogP contribution >= 0.6 is 0 Å². The van der Waals surface area contributed by atoms with Crippen molar-refractivity contribution in [3.63, 3.8) is 0 Å². The number of morpholine rings is 1. The van der Waals surface area contributed by atoms with Crippen LogP contribution in [0.4, 0.5) is 18.9 Å². The van der Waals surface area contributed by atoms with Crippen LogP contribution in [0.1, 0.15) is 24.2 Å². The van der Waals surface area contributed by atoms with Gasteiger partial charge in [-0.05, 0) is 13.8 Å². The Balaban J connectivity index is 2.52. The maximum Gasteiger partial charge on any atom is 0.308 e. The molecule has 22 heavy (non-hydrogen) atoms. The van der Waals surface area contributed by atoms with Crippen molar-refractivity contribution in [2.75, 3.05) is 19.8 Å². The zero-order chi connectivity index (χ0) is 16.7. The highest BCUT2D eigenvalue weighted by atomic mass is 19.2. The molecule has 9 heteroatoms. The molecule has 1 aromatic carbocycles. The quantitative estimate of drug-likeness (QED) is 0.476. The van der Waals surface area contributed by atoms with Crippen LogP contribution in [0.15, 0.2) is 6.07 Å². The third-order valence-corrected chi connectivity index (χ3v) is 3.45. The van der Waals surface area contributed by atoms with E-state index in [-0.39, 0.29) is 19.8 Å². The Hall–Kier alpha value is -2.16. The largest absolute Gasteiger partial charge is 0.377 e. The van der Waals surface area contributed by atoms with Crippen LogP contribution in [0.3, 0.4) is 0 Å². The third kappa shape index (κ3) is 2.63. The smallest absolute Gasteiger partial charge is 0.308 e. The van der Waals surface area contributed by atoms with Gasteiger partial charge in [-0.1, -0.05) is 0 Å². The molecule has 0 radical (unpaired) electrons. The molecule has 1 aliphatic heterocycles. The van der Waals surface area contributed by atoms with Crippen molar-refractivity contribution in [2.24, 2.45) is 0 Å². The molecule has 0 aromatic heterocycles. The summed E-state index contributed by atoms with van der Waals surface area (Å²) in [5.41, 5.74) is -2.96. The Labute approximate surface area is 123 Å². The Morgan fingerprint density at radius 3 is 2.50 bits per heavy atom. The maximum absolute atomic E-state index is 13.8. The predicted octanol–water partition coefficient (Wildman–Crippen LogP) is 2.26. The molecule has 1 amide bonds. The summed E-state index contributed by atoms with van der Waals surface area (Å²) >= 11 is 0. The number of nitro groups is 1. The SMILES string of the molecule is CC1(C)COCCN1C(=O)c1cc([N+](=O)[O-])c(F)c(F)c1F. The molecule has 0 N–H and O–H groups in total. The lowest BCUT2D eigenvalue weighted by Gasteiger charge is -2.42. The highest BCUT2D eigenvalue weighted by molar-refractivity contribution is 5.95. The van der Waals surface area contributed by atoms with Crippen LogP contribution in [0.2, 0.25) is 0 Å². The second-order valence-electron chi connectivity index (χ2n) is 5.46. The van der Waals surface area contributed by atoms with Gasteiger partial charge in [-0.25, -0.2) is 8.78 Å². The normalized spacial score (nSPS) is 17.4. The molecule has 6 nitrogen and oxygen atoms in total.